The van der Waals surface area contributed by atoms with E-state index < -0.39 is 0 Å². The fourth-order valence-corrected chi connectivity index (χ4v) is 9.27. The van der Waals surface area contributed by atoms with E-state index in [9.17, 15) is 0 Å². The van der Waals surface area contributed by atoms with E-state index in [1.807, 2.05) is 0 Å². The van der Waals surface area contributed by atoms with Crippen molar-refractivity contribution in [2.45, 2.75) is 199 Å². The lowest BCUT2D eigenvalue weighted by Gasteiger charge is -2.06. The Bertz CT molecular complexity index is 2810. The summed E-state index contributed by atoms with van der Waals surface area (Å²) in [6.45, 7) is 44.3. The number of rotatable bonds is 10. The highest BCUT2D eigenvalue weighted by atomic mass is 14.9. The molecule has 75 heavy (non-hydrogen) atoms. The van der Waals surface area contributed by atoms with E-state index in [1.54, 1.807) is 0 Å². The van der Waals surface area contributed by atoms with Gasteiger partial charge in [-0.25, -0.2) is 4.98 Å². The number of nitrogens with one attached hydrogen (secondary N) is 2. The Labute approximate surface area is 453 Å². The average Bonchev–Trinajstić information content (AvgIpc) is 4.22. The molecule has 0 atom stereocenters. The fraction of sp³-hybridized carbons (Fsp3) is 0.478. The minimum atomic E-state index is 0.458. The first-order chi connectivity index (χ1) is 35.4. The average molecular weight is 1010 g/mol. The molecule has 0 amide bonds. The lowest BCUT2D eigenvalue weighted by atomic mass is 9.98. The molecular weight excluding hydrogens is 913 g/mol. The summed E-state index contributed by atoms with van der Waals surface area (Å²) in [6.07, 6.45) is 3.14. The van der Waals surface area contributed by atoms with Gasteiger partial charge in [0.1, 0.15) is 5.82 Å². The smallest absolute Gasteiger partial charge is 0.109 e. The Morgan fingerprint density at radius 2 is 0.667 bits per heavy atom. The Morgan fingerprint density at radius 1 is 0.320 bits per heavy atom. The molecule has 2 N–H and O–H groups in total. The molecule has 400 valence electrons. The SMILES string of the molecule is CC(C)C1=Nc2cc(C(C)C)ccc2C1.CC(C)C1=Nc2cc(C(C)C)ccc2C1.CC(C)C1=Nc2cc(C(C)C)ccc2C1.CC(C)c1ccc2cc(C(C)C)[nH]c2c1.CC(C)c1ccc2nc(C(C)C)[nH]c2c1. The topological polar surface area (TPSA) is 81.5 Å². The monoisotopic (exact) mass is 1010 g/mol. The van der Waals surface area contributed by atoms with Crippen LogP contribution in [0, 0.1) is 17.8 Å². The molecule has 0 fully saturated rings. The second-order valence-electron chi connectivity index (χ2n) is 24.5. The lowest BCUT2D eigenvalue weighted by molar-refractivity contribution is 0.799. The standard InChI is InChI=1S/4C14H19N.C13H18N2/c4*1-9(2)11-5-6-12-8-13(10(3)4)15-14(12)7-11;1-8(2)10-5-6-11-12(7-10)15-13(14-11)9(3)4/h3*5-7,9-10H,8H2,1-4H3;5-10,15H,1-4H3;5-9H,1-4H3,(H,14,15). The first kappa shape index (κ1) is 58.4. The van der Waals surface area contributed by atoms with Gasteiger partial charge in [-0.15, -0.1) is 0 Å². The predicted molar refractivity (Wildman–Crippen MR) is 329 cm³/mol. The number of nitrogens with zero attached hydrogens (tertiary/aromatic N) is 4. The molecule has 0 spiro atoms. The van der Waals surface area contributed by atoms with E-state index in [4.69, 9.17) is 15.0 Å². The van der Waals surface area contributed by atoms with Crippen molar-refractivity contribution in [3.63, 3.8) is 0 Å². The van der Waals surface area contributed by atoms with Crippen LogP contribution >= 0.6 is 0 Å². The van der Waals surface area contributed by atoms with E-state index >= 15 is 0 Å². The second-order valence-corrected chi connectivity index (χ2v) is 24.5. The molecule has 0 saturated heterocycles. The van der Waals surface area contributed by atoms with Gasteiger partial charge < -0.3 is 9.97 Å². The number of hydrogen-bond donors (Lipinski definition) is 2. The summed E-state index contributed by atoms with van der Waals surface area (Å²) in [7, 11) is 0. The molecule has 0 saturated carbocycles. The molecule has 5 heterocycles. The maximum Gasteiger partial charge on any atom is 0.109 e. The molecule has 3 aliphatic rings. The van der Waals surface area contributed by atoms with Crippen LogP contribution in [0.4, 0.5) is 17.1 Å². The number of fused-ring (bicyclic) bond motifs is 5. The van der Waals surface area contributed by atoms with E-state index in [0.29, 0.717) is 59.2 Å². The highest BCUT2D eigenvalue weighted by Crippen LogP contribution is 2.35. The molecule has 0 unspecified atom stereocenters. The zero-order valence-corrected chi connectivity index (χ0v) is 49.9. The summed E-state index contributed by atoms with van der Waals surface area (Å²) in [5.41, 5.74) is 23.5. The third-order valence-corrected chi connectivity index (χ3v) is 14.9. The van der Waals surface area contributed by atoms with Crippen LogP contribution in [-0.2, 0) is 19.3 Å². The van der Waals surface area contributed by atoms with Gasteiger partial charge in [0.2, 0.25) is 0 Å². The molecule has 10 rings (SSSR count). The van der Waals surface area contributed by atoms with Gasteiger partial charge in [0.25, 0.3) is 0 Å². The van der Waals surface area contributed by atoms with Crippen LogP contribution in [0.3, 0.4) is 0 Å². The number of H-pyrrole nitrogens is 2. The minimum absolute atomic E-state index is 0.458. The summed E-state index contributed by atoms with van der Waals surface area (Å²) in [5, 5.41) is 1.32. The molecule has 0 radical (unpaired) electrons. The van der Waals surface area contributed by atoms with Crippen LogP contribution in [0.25, 0.3) is 21.9 Å². The highest BCUT2D eigenvalue weighted by Gasteiger charge is 2.20. The lowest BCUT2D eigenvalue weighted by Crippen LogP contribution is -2.06. The van der Waals surface area contributed by atoms with E-state index in [1.165, 1.54) is 95.3 Å². The minimum Gasteiger partial charge on any atom is -0.358 e. The first-order valence-electron chi connectivity index (χ1n) is 28.6. The van der Waals surface area contributed by atoms with Gasteiger partial charge in [-0.1, -0.05) is 193 Å². The van der Waals surface area contributed by atoms with E-state index in [2.05, 4.69) is 250 Å². The first-order valence-corrected chi connectivity index (χ1v) is 28.6. The van der Waals surface area contributed by atoms with Crippen molar-refractivity contribution in [3.05, 3.63) is 153 Å². The maximum atomic E-state index is 4.71. The largest absolute Gasteiger partial charge is 0.358 e. The van der Waals surface area contributed by atoms with Crippen molar-refractivity contribution in [2.24, 2.45) is 32.7 Å². The molecule has 2 aromatic heterocycles. The number of aromatic amines is 2. The van der Waals surface area contributed by atoms with Gasteiger partial charge in [0.05, 0.1) is 28.1 Å². The predicted octanol–water partition coefficient (Wildman–Crippen LogP) is 20.5. The van der Waals surface area contributed by atoms with Gasteiger partial charge in [0, 0.05) is 53.5 Å². The third kappa shape index (κ3) is 15.4. The summed E-state index contributed by atoms with van der Waals surface area (Å²) >= 11 is 0. The van der Waals surface area contributed by atoms with Crippen LogP contribution in [0.2, 0.25) is 0 Å². The molecule has 0 bridgehead atoms. The molecule has 6 nitrogen and oxygen atoms in total. The Hall–Kier alpha value is -5.88. The Kier molecular flexibility index (Phi) is 20.1. The van der Waals surface area contributed by atoms with Gasteiger partial charge in [0.15, 0.2) is 0 Å². The van der Waals surface area contributed by atoms with Gasteiger partial charge in [-0.2, -0.15) is 0 Å². The van der Waals surface area contributed by atoms with Crippen LogP contribution in [0.15, 0.2) is 112 Å². The fourth-order valence-electron chi connectivity index (χ4n) is 9.27. The van der Waals surface area contributed by atoms with Crippen LogP contribution in [0.5, 0.6) is 0 Å². The van der Waals surface area contributed by atoms with Crippen molar-refractivity contribution in [2.75, 3.05) is 0 Å². The molecule has 7 aromatic rings. The summed E-state index contributed by atoms with van der Waals surface area (Å²) < 4.78 is 0. The second kappa shape index (κ2) is 25.8. The number of benzene rings is 5. The van der Waals surface area contributed by atoms with Crippen LogP contribution in [0.1, 0.15) is 236 Å². The van der Waals surface area contributed by atoms with Gasteiger partial charge in [-0.05, 0) is 146 Å². The van der Waals surface area contributed by atoms with Gasteiger partial charge in [-0.3, -0.25) is 15.0 Å². The zero-order chi connectivity index (χ0) is 55.0. The molecule has 3 aliphatic heterocycles. The van der Waals surface area contributed by atoms with Crippen molar-refractivity contribution in [1.29, 1.82) is 0 Å². The molecule has 6 heteroatoms. The number of hydrogen-bond acceptors (Lipinski definition) is 4. The van der Waals surface area contributed by atoms with Crippen molar-refractivity contribution in [1.82, 2.24) is 15.0 Å². The van der Waals surface area contributed by atoms with Crippen molar-refractivity contribution >= 4 is 56.1 Å². The van der Waals surface area contributed by atoms with Crippen LogP contribution in [-0.4, -0.2) is 32.1 Å². The molecule has 0 aliphatic carbocycles. The van der Waals surface area contributed by atoms with Gasteiger partial charge >= 0.3 is 0 Å². The quantitative estimate of drug-likeness (QED) is 0.141. The summed E-state index contributed by atoms with van der Waals surface area (Å²) in [6, 6.07) is 35.6. The Morgan fingerprint density at radius 3 is 1.01 bits per heavy atom. The Balaban J connectivity index is 0.000000152. The third-order valence-electron chi connectivity index (χ3n) is 14.9. The summed E-state index contributed by atoms with van der Waals surface area (Å²) in [4.78, 5) is 25.6. The van der Waals surface area contributed by atoms with Crippen LogP contribution < -0.4 is 0 Å². The number of aromatic nitrogens is 3. The summed E-state index contributed by atoms with van der Waals surface area (Å²) in [5.74, 6) is 6.75. The number of imidazole rings is 1. The number of aliphatic imine (C=N–C) groups is 3. The van der Waals surface area contributed by atoms with E-state index in [0.717, 1.165) is 36.1 Å². The molecule has 5 aromatic carbocycles. The maximum absolute atomic E-state index is 4.71. The normalized spacial score (nSPS) is 13.5. The van der Waals surface area contributed by atoms with E-state index in [-0.39, 0.29) is 0 Å². The zero-order valence-electron chi connectivity index (χ0n) is 49.9. The highest BCUT2D eigenvalue weighted by molar-refractivity contribution is 5.96. The van der Waals surface area contributed by atoms with Crippen molar-refractivity contribution < 1.29 is 0 Å². The van der Waals surface area contributed by atoms with Crippen molar-refractivity contribution in [3.8, 4) is 0 Å². The molecular formula is C69H94N6.